The number of piperidine rings is 1. The molecule has 0 amide bonds. The second kappa shape index (κ2) is 7.31. The first-order chi connectivity index (χ1) is 9.99. The number of aryl methyl sites for hydroxylation is 1. The Labute approximate surface area is 130 Å². The molecule has 0 radical (unpaired) electrons. The fourth-order valence-electron chi connectivity index (χ4n) is 3.31. The summed E-state index contributed by atoms with van der Waals surface area (Å²) in [5.41, 5.74) is 4.25. The van der Waals surface area contributed by atoms with Gasteiger partial charge in [-0.05, 0) is 56.7 Å². The van der Waals surface area contributed by atoms with Crippen LogP contribution in [0.1, 0.15) is 51.7 Å². The summed E-state index contributed by atoms with van der Waals surface area (Å²) in [6.45, 7) is 14.8. The maximum atomic E-state index is 3.61. The molecule has 1 aromatic rings. The predicted molar refractivity (Wildman–Crippen MR) is 92.9 cm³/mol. The van der Waals surface area contributed by atoms with Crippen LogP contribution in [0.25, 0.3) is 0 Å². The Morgan fingerprint density at radius 3 is 2.76 bits per heavy atom. The first-order valence-corrected chi connectivity index (χ1v) is 8.56. The lowest BCUT2D eigenvalue weighted by Crippen LogP contribution is -2.43. The third-order valence-electron chi connectivity index (χ3n) is 4.79. The molecule has 21 heavy (non-hydrogen) atoms. The highest BCUT2D eigenvalue weighted by molar-refractivity contribution is 5.56. The van der Waals surface area contributed by atoms with Crippen LogP contribution in [0.15, 0.2) is 18.2 Å². The summed E-state index contributed by atoms with van der Waals surface area (Å²) in [6.07, 6.45) is 2.68. The van der Waals surface area contributed by atoms with E-state index < -0.39 is 0 Å². The Morgan fingerprint density at radius 2 is 2.05 bits per heavy atom. The second-order valence-corrected chi connectivity index (χ2v) is 7.21. The van der Waals surface area contributed by atoms with Crippen molar-refractivity contribution in [2.45, 2.75) is 60.0 Å². The molecule has 0 saturated carbocycles. The van der Waals surface area contributed by atoms with Crippen molar-refractivity contribution in [2.75, 3.05) is 18.0 Å². The lowest BCUT2D eigenvalue weighted by Gasteiger charge is -2.40. The predicted octanol–water partition coefficient (Wildman–Crippen LogP) is 4.37. The summed E-state index contributed by atoms with van der Waals surface area (Å²) in [5.74, 6) is 1.49. The molecular formula is C19H32N2. The van der Waals surface area contributed by atoms with Gasteiger partial charge in [0, 0.05) is 24.8 Å². The zero-order valence-electron chi connectivity index (χ0n) is 14.4. The van der Waals surface area contributed by atoms with E-state index in [0.29, 0.717) is 12.0 Å². The van der Waals surface area contributed by atoms with Gasteiger partial charge in [0.15, 0.2) is 0 Å². The maximum absolute atomic E-state index is 3.61. The number of hydrogen-bond donors (Lipinski definition) is 1. The van der Waals surface area contributed by atoms with Gasteiger partial charge in [-0.25, -0.2) is 0 Å². The minimum absolute atomic E-state index is 0.644. The highest BCUT2D eigenvalue weighted by atomic mass is 15.2. The average Bonchev–Trinajstić information content (AvgIpc) is 2.42. The molecule has 1 aromatic carbocycles. The topological polar surface area (TPSA) is 15.3 Å². The number of nitrogens with zero attached hydrogens (tertiary/aromatic N) is 1. The van der Waals surface area contributed by atoms with Gasteiger partial charge in [-0.15, -0.1) is 0 Å². The van der Waals surface area contributed by atoms with Gasteiger partial charge in [0.2, 0.25) is 0 Å². The Balaban J connectivity index is 2.17. The average molecular weight is 288 g/mol. The number of anilines is 1. The Hall–Kier alpha value is -1.02. The fourth-order valence-corrected chi connectivity index (χ4v) is 3.31. The summed E-state index contributed by atoms with van der Waals surface area (Å²) >= 11 is 0. The summed E-state index contributed by atoms with van der Waals surface area (Å²) in [7, 11) is 0. The largest absolute Gasteiger partial charge is 0.368 e. The van der Waals surface area contributed by atoms with E-state index >= 15 is 0 Å². The van der Waals surface area contributed by atoms with Crippen LogP contribution < -0.4 is 10.2 Å². The first kappa shape index (κ1) is 16.4. The first-order valence-electron chi connectivity index (χ1n) is 8.56. The smallest absolute Gasteiger partial charge is 0.0414 e. The van der Waals surface area contributed by atoms with E-state index in [1.54, 1.807) is 0 Å². The summed E-state index contributed by atoms with van der Waals surface area (Å²) in [4.78, 5) is 2.62. The van der Waals surface area contributed by atoms with Crippen LogP contribution in [0, 0.1) is 18.8 Å². The van der Waals surface area contributed by atoms with Crippen molar-refractivity contribution >= 4 is 5.69 Å². The number of rotatable bonds is 5. The summed E-state index contributed by atoms with van der Waals surface area (Å²) in [5, 5.41) is 3.61. The molecule has 2 nitrogen and oxygen atoms in total. The molecule has 2 rings (SSSR count). The van der Waals surface area contributed by atoms with E-state index in [1.165, 1.54) is 36.2 Å². The van der Waals surface area contributed by atoms with Crippen LogP contribution in [-0.2, 0) is 6.54 Å². The normalized spacial score (nSPS) is 22.9. The van der Waals surface area contributed by atoms with Gasteiger partial charge in [0.05, 0.1) is 0 Å². The summed E-state index contributed by atoms with van der Waals surface area (Å²) in [6, 6.07) is 7.59. The zero-order valence-corrected chi connectivity index (χ0v) is 14.4. The Kier molecular flexibility index (Phi) is 5.69. The van der Waals surface area contributed by atoms with Gasteiger partial charge in [0.1, 0.15) is 0 Å². The van der Waals surface area contributed by atoms with Crippen LogP contribution in [0.2, 0.25) is 0 Å². The van der Waals surface area contributed by atoms with Gasteiger partial charge in [-0.1, -0.05) is 38.5 Å². The van der Waals surface area contributed by atoms with Gasteiger partial charge >= 0.3 is 0 Å². The van der Waals surface area contributed by atoms with Crippen molar-refractivity contribution in [1.82, 2.24) is 5.32 Å². The van der Waals surface area contributed by atoms with Crippen LogP contribution >= 0.6 is 0 Å². The molecule has 2 atom stereocenters. The van der Waals surface area contributed by atoms with Gasteiger partial charge in [-0.2, -0.15) is 0 Å². The van der Waals surface area contributed by atoms with Crippen molar-refractivity contribution in [1.29, 1.82) is 0 Å². The van der Waals surface area contributed by atoms with Crippen LogP contribution in [-0.4, -0.2) is 19.1 Å². The van der Waals surface area contributed by atoms with E-state index in [9.17, 15) is 0 Å². The van der Waals surface area contributed by atoms with Gasteiger partial charge in [0.25, 0.3) is 0 Å². The van der Waals surface area contributed by atoms with Crippen molar-refractivity contribution in [3.05, 3.63) is 29.3 Å². The van der Waals surface area contributed by atoms with Crippen molar-refractivity contribution < 1.29 is 0 Å². The number of benzene rings is 1. The van der Waals surface area contributed by atoms with Crippen LogP contribution in [0.5, 0.6) is 0 Å². The molecule has 0 spiro atoms. The van der Waals surface area contributed by atoms with Gasteiger partial charge in [-0.3, -0.25) is 0 Å². The molecule has 118 valence electrons. The molecule has 2 heteroatoms. The highest BCUT2D eigenvalue weighted by Gasteiger charge is 2.26. The third-order valence-corrected chi connectivity index (χ3v) is 4.79. The molecule has 1 fully saturated rings. The fraction of sp³-hybridized carbons (Fsp3) is 0.684. The van der Waals surface area contributed by atoms with Crippen molar-refractivity contribution in [3.8, 4) is 0 Å². The third kappa shape index (κ3) is 4.23. The zero-order chi connectivity index (χ0) is 15.4. The molecule has 0 aliphatic carbocycles. The monoisotopic (exact) mass is 288 g/mol. The van der Waals surface area contributed by atoms with E-state index in [1.807, 2.05) is 0 Å². The molecule has 0 bridgehead atoms. The molecule has 1 saturated heterocycles. The maximum Gasteiger partial charge on any atom is 0.0414 e. The lowest BCUT2D eigenvalue weighted by atomic mass is 9.91. The molecule has 1 N–H and O–H groups in total. The van der Waals surface area contributed by atoms with Crippen molar-refractivity contribution in [2.24, 2.45) is 11.8 Å². The summed E-state index contributed by atoms with van der Waals surface area (Å²) < 4.78 is 0. The molecule has 1 heterocycles. The molecule has 1 aliphatic rings. The quantitative estimate of drug-likeness (QED) is 0.865. The van der Waals surface area contributed by atoms with E-state index in [2.05, 4.69) is 63.0 Å². The van der Waals surface area contributed by atoms with E-state index in [-0.39, 0.29) is 0 Å². The minimum atomic E-state index is 0.644. The Bertz CT molecular complexity index is 453. The number of nitrogens with one attached hydrogen (secondary N) is 1. The molecular weight excluding hydrogens is 256 g/mol. The Morgan fingerprint density at radius 1 is 1.29 bits per heavy atom. The van der Waals surface area contributed by atoms with Crippen molar-refractivity contribution in [3.63, 3.8) is 0 Å². The highest BCUT2D eigenvalue weighted by Crippen LogP contribution is 2.31. The number of hydrogen-bond acceptors (Lipinski definition) is 2. The van der Waals surface area contributed by atoms with E-state index in [4.69, 9.17) is 0 Å². The minimum Gasteiger partial charge on any atom is -0.368 e. The molecule has 0 aromatic heterocycles. The van der Waals surface area contributed by atoms with Crippen LogP contribution in [0.3, 0.4) is 0 Å². The van der Waals surface area contributed by atoms with E-state index in [0.717, 1.165) is 19.0 Å². The lowest BCUT2D eigenvalue weighted by molar-refractivity contribution is 0.363. The standard InChI is InChI=1S/C19H32N2/c1-14(2)12-20-13-18-11-15(3)8-9-19(18)21-10-6-7-16(4)17(21)5/h8-9,11,14,16-17,20H,6-7,10,12-13H2,1-5H3. The van der Waals surface area contributed by atoms with Gasteiger partial charge < -0.3 is 10.2 Å². The SMILES string of the molecule is Cc1ccc(N2CCCC(C)C2C)c(CNCC(C)C)c1. The second-order valence-electron chi connectivity index (χ2n) is 7.21. The molecule has 2 unspecified atom stereocenters. The molecule has 1 aliphatic heterocycles. The van der Waals surface area contributed by atoms with Crippen LogP contribution in [0.4, 0.5) is 5.69 Å².